The van der Waals surface area contributed by atoms with Crippen molar-refractivity contribution >= 4 is 40.0 Å². The standard InChI is InChI=1S/C25H20FN5O3S/c1-15-10-11-16(26)12-20(15)27-22(32)14-30-25(33)31-21-9-4-3-8-19(21)28-24(23(31)29-30)35-18-7-5-6-17(13-18)34-2/h3-13H,14H2,1-2H3,(H,27,32). The smallest absolute Gasteiger partial charge is 0.351 e. The number of nitrogens with one attached hydrogen (secondary N) is 1. The lowest BCUT2D eigenvalue weighted by molar-refractivity contribution is -0.117. The van der Waals surface area contributed by atoms with Gasteiger partial charge in [0, 0.05) is 10.6 Å². The topological polar surface area (TPSA) is 90.5 Å². The summed E-state index contributed by atoms with van der Waals surface area (Å²) in [6, 6.07) is 18.8. The van der Waals surface area contributed by atoms with Gasteiger partial charge in [-0.25, -0.2) is 23.3 Å². The number of methoxy groups -OCH3 is 1. The van der Waals surface area contributed by atoms with Gasteiger partial charge in [0.05, 0.1) is 18.1 Å². The number of amides is 1. The molecule has 176 valence electrons. The molecular formula is C25H20FN5O3S. The third kappa shape index (κ3) is 4.47. The molecule has 0 unspecified atom stereocenters. The molecule has 8 nitrogen and oxygen atoms in total. The molecule has 5 aromatic rings. The summed E-state index contributed by atoms with van der Waals surface area (Å²) in [7, 11) is 1.59. The Balaban J connectivity index is 1.56. The molecule has 2 heterocycles. The van der Waals surface area contributed by atoms with Crippen LogP contribution in [-0.4, -0.2) is 32.2 Å². The summed E-state index contributed by atoms with van der Waals surface area (Å²) in [4.78, 5) is 31.6. The maximum atomic E-state index is 13.6. The van der Waals surface area contributed by atoms with E-state index in [2.05, 4.69) is 10.4 Å². The first kappa shape index (κ1) is 22.6. The largest absolute Gasteiger partial charge is 0.497 e. The van der Waals surface area contributed by atoms with Crippen molar-refractivity contribution in [3.8, 4) is 5.75 Å². The van der Waals surface area contributed by atoms with E-state index < -0.39 is 17.4 Å². The van der Waals surface area contributed by atoms with Gasteiger partial charge in [-0.15, -0.1) is 5.10 Å². The number of aromatic nitrogens is 4. The maximum absolute atomic E-state index is 13.6. The molecule has 1 amide bonds. The van der Waals surface area contributed by atoms with E-state index in [0.717, 1.165) is 9.58 Å². The van der Waals surface area contributed by atoms with E-state index in [1.165, 1.54) is 28.3 Å². The van der Waals surface area contributed by atoms with Gasteiger partial charge in [0.15, 0.2) is 5.65 Å². The number of benzene rings is 3. The van der Waals surface area contributed by atoms with Crippen LogP contribution in [0.15, 0.2) is 81.4 Å². The predicted octanol–water partition coefficient (Wildman–Crippen LogP) is 4.29. The number of halogens is 1. The molecule has 0 atom stereocenters. The highest BCUT2D eigenvalue weighted by Crippen LogP contribution is 2.32. The summed E-state index contributed by atoms with van der Waals surface area (Å²) in [5.41, 5.74) is 2.10. The highest BCUT2D eigenvalue weighted by atomic mass is 32.2. The second kappa shape index (κ2) is 9.22. The summed E-state index contributed by atoms with van der Waals surface area (Å²) >= 11 is 1.34. The summed E-state index contributed by atoms with van der Waals surface area (Å²) in [5.74, 6) is -0.268. The molecule has 5 rings (SSSR count). The minimum atomic E-state index is -0.497. The van der Waals surface area contributed by atoms with Gasteiger partial charge in [0.2, 0.25) is 5.91 Å². The second-order valence-electron chi connectivity index (χ2n) is 7.79. The average Bonchev–Trinajstić information content (AvgIpc) is 3.18. The minimum absolute atomic E-state index is 0.330. The zero-order chi connectivity index (χ0) is 24.5. The van der Waals surface area contributed by atoms with Crippen LogP contribution in [0.4, 0.5) is 10.1 Å². The van der Waals surface area contributed by atoms with Crippen molar-refractivity contribution in [2.24, 2.45) is 0 Å². The number of aryl methyl sites for hydroxylation is 1. The van der Waals surface area contributed by atoms with Crippen LogP contribution in [0.1, 0.15) is 5.56 Å². The molecule has 0 aliphatic rings. The van der Waals surface area contributed by atoms with Gasteiger partial charge >= 0.3 is 5.69 Å². The summed E-state index contributed by atoms with van der Waals surface area (Å²) in [5, 5.41) is 7.60. The molecule has 2 aromatic heterocycles. The predicted molar refractivity (Wildman–Crippen MR) is 132 cm³/mol. The van der Waals surface area contributed by atoms with Crippen LogP contribution in [-0.2, 0) is 11.3 Å². The Hall–Kier alpha value is -4.18. The van der Waals surface area contributed by atoms with Gasteiger partial charge < -0.3 is 10.1 Å². The normalized spacial score (nSPS) is 11.2. The van der Waals surface area contributed by atoms with E-state index in [4.69, 9.17) is 9.72 Å². The second-order valence-corrected chi connectivity index (χ2v) is 8.86. The number of anilines is 1. The first-order chi connectivity index (χ1) is 16.9. The molecule has 0 saturated carbocycles. The monoisotopic (exact) mass is 489 g/mol. The highest BCUT2D eigenvalue weighted by molar-refractivity contribution is 7.99. The fourth-order valence-electron chi connectivity index (χ4n) is 3.67. The average molecular weight is 490 g/mol. The van der Waals surface area contributed by atoms with E-state index >= 15 is 0 Å². The molecule has 0 spiro atoms. The van der Waals surface area contributed by atoms with Crippen LogP contribution in [0.3, 0.4) is 0 Å². The maximum Gasteiger partial charge on any atom is 0.351 e. The summed E-state index contributed by atoms with van der Waals surface area (Å²) < 4.78 is 21.4. The SMILES string of the molecule is COc1cccc(Sc2nc3ccccc3n3c(=O)n(CC(=O)Nc4cc(F)ccc4C)nc23)c1. The molecule has 0 radical (unpaired) electrons. The molecule has 35 heavy (non-hydrogen) atoms. The van der Waals surface area contributed by atoms with Crippen LogP contribution in [0.5, 0.6) is 5.75 Å². The fourth-order valence-corrected chi connectivity index (χ4v) is 4.59. The van der Waals surface area contributed by atoms with Gasteiger partial charge in [-0.2, -0.15) is 0 Å². The van der Waals surface area contributed by atoms with Crippen LogP contribution in [0.25, 0.3) is 16.7 Å². The van der Waals surface area contributed by atoms with E-state index in [9.17, 15) is 14.0 Å². The van der Waals surface area contributed by atoms with E-state index in [-0.39, 0.29) is 6.54 Å². The van der Waals surface area contributed by atoms with Crippen LogP contribution < -0.4 is 15.7 Å². The molecular weight excluding hydrogens is 469 g/mol. The van der Waals surface area contributed by atoms with E-state index in [1.807, 2.05) is 42.5 Å². The Morgan fingerprint density at radius 1 is 1.11 bits per heavy atom. The number of carbonyl (C=O) groups is 1. The lowest BCUT2D eigenvalue weighted by Gasteiger charge is -2.08. The number of ether oxygens (including phenoxy) is 1. The third-order valence-corrected chi connectivity index (χ3v) is 6.35. The Labute approximate surface area is 203 Å². The van der Waals surface area contributed by atoms with Crippen LogP contribution in [0, 0.1) is 12.7 Å². The number of nitrogens with zero attached hydrogens (tertiary/aromatic N) is 4. The number of carbonyl (C=O) groups excluding carboxylic acids is 1. The van der Waals surface area contributed by atoms with Crippen molar-refractivity contribution in [2.45, 2.75) is 23.4 Å². The molecule has 1 N–H and O–H groups in total. The Kier molecular flexibility index (Phi) is 5.96. The Morgan fingerprint density at radius 3 is 2.77 bits per heavy atom. The molecule has 0 aliphatic heterocycles. The van der Waals surface area contributed by atoms with Crippen LogP contribution >= 0.6 is 11.8 Å². The van der Waals surface area contributed by atoms with Gasteiger partial charge in [0.1, 0.15) is 23.1 Å². The minimum Gasteiger partial charge on any atom is -0.497 e. The highest BCUT2D eigenvalue weighted by Gasteiger charge is 2.19. The van der Waals surface area contributed by atoms with E-state index in [0.29, 0.717) is 38.7 Å². The van der Waals surface area contributed by atoms with Crippen molar-refractivity contribution in [1.29, 1.82) is 0 Å². The molecule has 0 bridgehead atoms. The van der Waals surface area contributed by atoms with Crippen molar-refractivity contribution in [3.63, 3.8) is 0 Å². The first-order valence-electron chi connectivity index (χ1n) is 10.7. The summed E-state index contributed by atoms with van der Waals surface area (Å²) in [6.07, 6.45) is 0. The third-order valence-electron chi connectivity index (χ3n) is 5.40. The lowest BCUT2D eigenvalue weighted by Crippen LogP contribution is -2.28. The fraction of sp³-hybridized carbons (Fsp3) is 0.120. The van der Waals surface area contributed by atoms with Crippen LogP contribution in [0.2, 0.25) is 0 Å². The number of fused-ring (bicyclic) bond motifs is 3. The Morgan fingerprint density at radius 2 is 1.94 bits per heavy atom. The zero-order valence-electron chi connectivity index (χ0n) is 18.9. The molecule has 10 heteroatoms. The number of hydrogen-bond acceptors (Lipinski definition) is 6. The number of hydrogen-bond donors (Lipinski definition) is 1. The first-order valence-corrected chi connectivity index (χ1v) is 11.5. The zero-order valence-corrected chi connectivity index (χ0v) is 19.7. The molecule has 0 saturated heterocycles. The van der Waals surface area contributed by atoms with Crippen molar-refractivity contribution in [3.05, 3.63) is 88.6 Å². The molecule has 0 aliphatic carbocycles. The van der Waals surface area contributed by atoms with Gasteiger partial charge in [-0.3, -0.25) is 4.79 Å². The van der Waals surface area contributed by atoms with E-state index in [1.54, 1.807) is 26.2 Å². The quantitative estimate of drug-likeness (QED) is 0.383. The van der Waals surface area contributed by atoms with Crippen molar-refractivity contribution in [1.82, 2.24) is 19.2 Å². The number of para-hydroxylation sites is 2. The lowest BCUT2D eigenvalue weighted by atomic mass is 10.2. The Bertz CT molecular complexity index is 1650. The van der Waals surface area contributed by atoms with Crippen molar-refractivity contribution in [2.75, 3.05) is 12.4 Å². The van der Waals surface area contributed by atoms with Gasteiger partial charge in [-0.05, 0) is 55.0 Å². The van der Waals surface area contributed by atoms with Crippen molar-refractivity contribution < 1.29 is 13.9 Å². The number of rotatable bonds is 6. The molecule has 3 aromatic carbocycles. The molecule has 0 fully saturated rings. The van der Waals surface area contributed by atoms with Gasteiger partial charge in [0.25, 0.3) is 0 Å². The van der Waals surface area contributed by atoms with Gasteiger partial charge in [-0.1, -0.05) is 36.0 Å². The summed E-state index contributed by atoms with van der Waals surface area (Å²) in [6.45, 7) is 1.42.